The molecule has 20 heavy (non-hydrogen) atoms. The van der Waals surface area contributed by atoms with Gasteiger partial charge in [-0.25, -0.2) is 0 Å². The van der Waals surface area contributed by atoms with Crippen molar-refractivity contribution in [2.75, 3.05) is 7.11 Å². The number of halogens is 1. The van der Waals surface area contributed by atoms with Gasteiger partial charge in [0, 0.05) is 6.07 Å². The molecular weight excluding hydrogens is 328 g/mol. The van der Waals surface area contributed by atoms with Crippen LogP contribution in [0.25, 0.3) is 0 Å². The first-order valence-electron chi connectivity index (χ1n) is 5.82. The van der Waals surface area contributed by atoms with Gasteiger partial charge >= 0.3 is 0 Å². The van der Waals surface area contributed by atoms with Gasteiger partial charge in [0.25, 0.3) is 0 Å². The van der Waals surface area contributed by atoms with Gasteiger partial charge in [0.05, 0.1) is 11.6 Å². The van der Waals surface area contributed by atoms with Crippen LogP contribution in [0.4, 0.5) is 0 Å². The van der Waals surface area contributed by atoms with Crippen molar-refractivity contribution >= 4 is 15.9 Å². The van der Waals surface area contributed by atoms with E-state index in [4.69, 9.17) is 19.0 Å². The molecule has 1 N–H and O–H groups in total. The molecule has 2 rings (SSSR count). The zero-order valence-corrected chi connectivity index (χ0v) is 12.3. The predicted molar refractivity (Wildman–Crippen MR) is 75.9 cm³/mol. The summed E-state index contributed by atoms with van der Waals surface area (Å²) in [5, 5.41) is 8.85. The molecule has 6 heteroatoms. The van der Waals surface area contributed by atoms with Crippen LogP contribution in [0, 0.1) is 0 Å². The van der Waals surface area contributed by atoms with E-state index in [1.165, 1.54) is 12.3 Å². The highest BCUT2D eigenvalue weighted by Gasteiger charge is 2.06. The van der Waals surface area contributed by atoms with Crippen molar-refractivity contribution in [3.63, 3.8) is 0 Å². The highest BCUT2D eigenvalue weighted by molar-refractivity contribution is 9.10. The van der Waals surface area contributed by atoms with Gasteiger partial charge in [-0.15, -0.1) is 0 Å². The lowest BCUT2D eigenvalue weighted by Gasteiger charge is -2.08. The van der Waals surface area contributed by atoms with Gasteiger partial charge in [0.1, 0.15) is 31.0 Å². The molecule has 2 aromatic rings. The number of benzene rings is 1. The lowest BCUT2D eigenvalue weighted by atomic mass is 10.2. The first-order valence-corrected chi connectivity index (χ1v) is 6.61. The summed E-state index contributed by atoms with van der Waals surface area (Å²) in [5.41, 5.74) is 0.552. The van der Waals surface area contributed by atoms with Gasteiger partial charge < -0.3 is 19.0 Å². The molecule has 5 nitrogen and oxygen atoms in total. The number of rotatable bonds is 5. The molecule has 0 aliphatic carbocycles. The summed E-state index contributed by atoms with van der Waals surface area (Å²) in [6.45, 7) is -0.0905. The minimum atomic E-state index is -0.326. The Bertz CT molecular complexity index is 650. The molecule has 1 aromatic heterocycles. The standard InChI is InChI=1S/C14H13BrO5/c1-18-13-3-2-9(4-11(13)15)7-20-14-8-19-10(6-16)5-12(14)17/h2-5,8,16H,6-7H2,1H3. The molecule has 0 radical (unpaired) electrons. The highest BCUT2D eigenvalue weighted by Crippen LogP contribution is 2.25. The normalized spacial score (nSPS) is 10.3. The van der Waals surface area contributed by atoms with Crippen LogP contribution in [0.3, 0.4) is 0 Å². The zero-order valence-electron chi connectivity index (χ0n) is 10.8. The second-order valence-electron chi connectivity index (χ2n) is 3.99. The van der Waals surface area contributed by atoms with Crippen molar-refractivity contribution in [3.05, 3.63) is 56.5 Å². The molecule has 0 aliphatic heterocycles. The van der Waals surface area contributed by atoms with Crippen molar-refractivity contribution in [2.45, 2.75) is 13.2 Å². The molecule has 0 unspecified atom stereocenters. The first-order chi connectivity index (χ1) is 9.63. The van der Waals surface area contributed by atoms with Crippen molar-refractivity contribution in [3.8, 4) is 11.5 Å². The minimum absolute atomic E-state index is 0.106. The van der Waals surface area contributed by atoms with E-state index in [0.29, 0.717) is 0 Å². The topological polar surface area (TPSA) is 68.9 Å². The average Bonchev–Trinajstić information content (AvgIpc) is 2.46. The Kier molecular flexibility index (Phi) is 4.81. The Morgan fingerprint density at radius 3 is 2.70 bits per heavy atom. The number of hydrogen-bond acceptors (Lipinski definition) is 5. The third-order valence-corrected chi connectivity index (χ3v) is 3.24. The van der Waals surface area contributed by atoms with E-state index in [-0.39, 0.29) is 30.2 Å². The Balaban J connectivity index is 2.09. The van der Waals surface area contributed by atoms with Gasteiger partial charge in [-0.3, -0.25) is 4.79 Å². The van der Waals surface area contributed by atoms with E-state index >= 15 is 0 Å². The van der Waals surface area contributed by atoms with Crippen LogP contribution >= 0.6 is 15.9 Å². The average molecular weight is 341 g/mol. The van der Waals surface area contributed by atoms with Crippen LogP contribution in [-0.4, -0.2) is 12.2 Å². The smallest absolute Gasteiger partial charge is 0.227 e. The van der Waals surface area contributed by atoms with E-state index in [9.17, 15) is 4.79 Å². The molecule has 0 fully saturated rings. The molecular formula is C14H13BrO5. The van der Waals surface area contributed by atoms with Crippen molar-refractivity contribution in [1.82, 2.24) is 0 Å². The van der Waals surface area contributed by atoms with Crippen LogP contribution in [0.15, 0.2) is 44.2 Å². The maximum absolute atomic E-state index is 11.7. The Morgan fingerprint density at radius 2 is 2.10 bits per heavy atom. The molecule has 0 aliphatic rings. The second kappa shape index (κ2) is 6.58. The fraction of sp³-hybridized carbons (Fsp3) is 0.214. The molecule has 1 heterocycles. The van der Waals surface area contributed by atoms with E-state index < -0.39 is 0 Å². The van der Waals surface area contributed by atoms with Gasteiger partial charge in [0.2, 0.25) is 11.2 Å². The molecule has 0 saturated carbocycles. The molecule has 0 bridgehead atoms. The zero-order chi connectivity index (χ0) is 14.5. The predicted octanol–water partition coefficient (Wildman–Crippen LogP) is 2.48. The summed E-state index contributed by atoms with van der Waals surface area (Å²) in [4.78, 5) is 11.7. The summed E-state index contributed by atoms with van der Waals surface area (Å²) in [5.74, 6) is 1.03. The van der Waals surface area contributed by atoms with Crippen molar-refractivity contribution < 1.29 is 19.0 Å². The summed E-state index contributed by atoms with van der Waals surface area (Å²) < 4.78 is 16.4. The summed E-state index contributed by atoms with van der Waals surface area (Å²) in [7, 11) is 1.59. The first kappa shape index (κ1) is 14.6. The third kappa shape index (κ3) is 3.40. The summed E-state index contributed by atoms with van der Waals surface area (Å²) >= 11 is 3.38. The maximum atomic E-state index is 11.7. The van der Waals surface area contributed by atoms with Gasteiger partial charge in [-0.1, -0.05) is 6.07 Å². The lowest BCUT2D eigenvalue weighted by Crippen LogP contribution is -2.08. The molecule has 0 atom stereocenters. The second-order valence-corrected chi connectivity index (χ2v) is 4.84. The monoisotopic (exact) mass is 340 g/mol. The summed E-state index contributed by atoms with van der Waals surface area (Å²) in [6.07, 6.45) is 1.20. The van der Waals surface area contributed by atoms with Gasteiger partial charge in [-0.05, 0) is 33.6 Å². The van der Waals surface area contributed by atoms with Crippen molar-refractivity contribution in [2.24, 2.45) is 0 Å². The van der Waals surface area contributed by atoms with Crippen molar-refractivity contribution in [1.29, 1.82) is 0 Å². The Labute approximate surface area is 123 Å². The number of hydrogen-bond donors (Lipinski definition) is 1. The molecule has 0 spiro atoms. The summed E-state index contributed by atoms with van der Waals surface area (Å²) in [6, 6.07) is 6.70. The molecule has 106 valence electrons. The van der Waals surface area contributed by atoms with Crippen LogP contribution in [0.5, 0.6) is 11.5 Å². The quantitative estimate of drug-likeness (QED) is 0.905. The van der Waals surface area contributed by atoms with Crippen LogP contribution in [0.1, 0.15) is 11.3 Å². The lowest BCUT2D eigenvalue weighted by molar-refractivity contribution is 0.236. The van der Waals surface area contributed by atoms with E-state index in [1.807, 2.05) is 12.1 Å². The van der Waals surface area contributed by atoms with Crippen LogP contribution in [0.2, 0.25) is 0 Å². The number of aliphatic hydroxyl groups excluding tert-OH is 1. The molecule has 0 saturated heterocycles. The fourth-order valence-electron chi connectivity index (χ4n) is 1.59. The molecule has 0 amide bonds. The number of methoxy groups -OCH3 is 1. The minimum Gasteiger partial charge on any atom is -0.496 e. The SMILES string of the molecule is COc1ccc(COc2coc(CO)cc2=O)cc1Br. The number of ether oxygens (including phenoxy) is 2. The van der Waals surface area contributed by atoms with E-state index in [1.54, 1.807) is 13.2 Å². The maximum Gasteiger partial charge on any atom is 0.227 e. The van der Waals surface area contributed by atoms with Gasteiger partial charge in [0.15, 0.2) is 0 Å². The third-order valence-electron chi connectivity index (χ3n) is 2.62. The van der Waals surface area contributed by atoms with Crippen LogP contribution < -0.4 is 14.9 Å². The molecule has 1 aromatic carbocycles. The fourth-order valence-corrected chi connectivity index (χ4v) is 2.18. The van der Waals surface area contributed by atoms with E-state index in [2.05, 4.69) is 15.9 Å². The van der Waals surface area contributed by atoms with Crippen LogP contribution in [-0.2, 0) is 13.2 Å². The largest absolute Gasteiger partial charge is 0.496 e. The van der Waals surface area contributed by atoms with E-state index in [0.717, 1.165) is 15.8 Å². The van der Waals surface area contributed by atoms with Gasteiger partial charge in [-0.2, -0.15) is 0 Å². The highest BCUT2D eigenvalue weighted by atomic mass is 79.9. The Morgan fingerprint density at radius 1 is 1.30 bits per heavy atom. The Hall–Kier alpha value is -1.79. The number of aliphatic hydroxyl groups is 1.